The molecule has 3 nitrogen and oxygen atoms in total. The number of methoxy groups -OCH3 is 1. The molecule has 0 bridgehead atoms. The molecule has 1 aromatic rings. The maximum absolute atomic E-state index is 13.5. The first-order valence-electron chi connectivity index (χ1n) is 6.34. The lowest BCUT2D eigenvalue weighted by atomic mass is 9.71. The monoisotopic (exact) mass is 253 g/mol. The van der Waals surface area contributed by atoms with Crippen molar-refractivity contribution in [2.45, 2.75) is 24.7 Å². The summed E-state index contributed by atoms with van der Waals surface area (Å²) in [4.78, 5) is 0. The largest absolute Gasteiger partial charge is 0.496 e. The number of halogens is 1. The summed E-state index contributed by atoms with van der Waals surface area (Å²) in [5.74, 6) is 0.514. The van der Waals surface area contributed by atoms with E-state index in [1.165, 1.54) is 6.07 Å². The molecule has 1 saturated heterocycles. The normalized spacial score (nSPS) is 18.6. The van der Waals surface area contributed by atoms with Crippen molar-refractivity contribution in [1.29, 1.82) is 0 Å². The molecule has 1 aliphatic rings. The van der Waals surface area contributed by atoms with Crippen LogP contribution in [-0.4, -0.2) is 26.9 Å². The molecule has 0 radical (unpaired) electrons. The molecule has 1 aromatic carbocycles. The lowest BCUT2D eigenvalue weighted by Crippen LogP contribution is -2.36. The van der Waals surface area contributed by atoms with Crippen LogP contribution in [0.15, 0.2) is 18.2 Å². The van der Waals surface area contributed by atoms with Crippen LogP contribution in [0.5, 0.6) is 5.75 Å². The Morgan fingerprint density at radius 3 is 2.72 bits per heavy atom. The van der Waals surface area contributed by atoms with Crippen LogP contribution in [0, 0.1) is 5.82 Å². The summed E-state index contributed by atoms with van der Waals surface area (Å²) in [7, 11) is 1.62. The second-order valence-electron chi connectivity index (χ2n) is 4.78. The van der Waals surface area contributed by atoms with E-state index in [4.69, 9.17) is 15.2 Å². The first-order chi connectivity index (χ1) is 8.72. The fraction of sp³-hybridized carbons (Fsp3) is 0.571. The second-order valence-corrected chi connectivity index (χ2v) is 4.78. The minimum atomic E-state index is -0.228. The highest BCUT2D eigenvalue weighted by molar-refractivity contribution is 5.40. The predicted molar refractivity (Wildman–Crippen MR) is 68.4 cm³/mol. The van der Waals surface area contributed by atoms with Gasteiger partial charge < -0.3 is 15.2 Å². The first kappa shape index (κ1) is 13.3. The number of hydrogen-bond donors (Lipinski definition) is 1. The minimum Gasteiger partial charge on any atom is -0.496 e. The third-order valence-corrected chi connectivity index (χ3v) is 3.81. The van der Waals surface area contributed by atoms with Crippen molar-refractivity contribution >= 4 is 0 Å². The fourth-order valence-electron chi connectivity index (χ4n) is 2.79. The standard InChI is InChI=1S/C14H20FNO2/c1-17-13-3-2-11(15)10-12(13)14(4-7-16)5-8-18-9-6-14/h2-3,10H,4-9,16H2,1H3. The summed E-state index contributed by atoms with van der Waals surface area (Å²) in [6, 6.07) is 4.70. The third kappa shape index (κ3) is 2.49. The van der Waals surface area contributed by atoms with E-state index in [1.807, 2.05) is 0 Å². The van der Waals surface area contributed by atoms with Gasteiger partial charge >= 0.3 is 0 Å². The van der Waals surface area contributed by atoms with Crippen molar-refractivity contribution in [2.24, 2.45) is 5.73 Å². The van der Waals surface area contributed by atoms with Crippen molar-refractivity contribution < 1.29 is 13.9 Å². The van der Waals surface area contributed by atoms with Gasteiger partial charge in [0.1, 0.15) is 11.6 Å². The Kier molecular flexibility index (Phi) is 4.19. The Hall–Kier alpha value is -1.13. The number of ether oxygens (including phenoxy) is 2. The molecule has 2 N–H and O–H groups in total. The Bertz CT molecular complexity index is 397. The zero-order valence-corrected chi connectivity index (χ0v) is 10.7. The smallest absolute Gasteiger partial charge is 0.123 e. The molecule has 0 aliphatic carbocycles. The van der Waals surface area contributed by atoms with Gasteiger partial charge in [0.15, 0.2) is 0 Å². The highest BCUT2D eigenvalue weighted by Gasteiger charge is 2.36. The van der Waals surface area contributed by atoms with E-state index in [9.17, 15) is 4.39 Å². The molecule has 0 aromatic heterocycles. The quantitative estimate of drug-likeness (QED) is 0.895. The van der Waals surface area contributed by atoms with Gasteiger partial charge in [0.25, 0.3) is 0 Å². The lowest BCUT2D eigenvalue weighted by Gasteiger charge is -2.38. The van der Waals surface area contributed by atoms with Crippen molar-refractivity contribution in [3.63, 3.8) is 0 Å². The van der Waals surface area contributed by atoms with Crippen LogP contribution in [0.25, 0.3) is 0 Å². The fourth-order valence-corrected chi connectivity index (χ4v) is 2.79. The van der Waals surface area contributed by atoms with Crippen LogP contribution >= 0.6 is 0 Å². The highest BCUT2D eigenvalue weighted by atomic mass is 19.1. The number of benzene rings is 1. The summed E-state index contributed by atoms with van der Waals surface area (Å²) in [6.45, 7) is 1.97. The Morgan fingerprint density at radius 2 is 2.11 bits per heavy atom. The molecule has 4 heteroatoms. The number of hydrogen-bond acceptors (Lipinski definition) is 3. The molecule has 100 valence electrons. The number of rotatable bonds is 4. The molecule has 1 aliphatic heterocycles. The van der Waals surface area contributed by atoms with E-state index in [-0.39, 0.29) is 11.2 Å². The van der Waals surface area contributed by atoms with E-state index in [0.717, 1.165) is 30.6 Å². The van der Waals surface area contributed by atoms with E-state index >= 15 is 0 Å². The molecule has 0 spiro atoms. The molecule has 0 saturated carbocycles. The summed E-state index contributed by atoms with van der Waals surface area (Å²) >= 11 is 0. The highest BCUT2D eigenvalue weighted by Crippen LogP contribution is 2.42. The van der Waals surface area contributed by atoms with Gasteiger partial charge in [-0.1, -0.05) is 0 Å². The van der Waals surface area contributed by atoms with Crippen molar-refractivity contribution in [3.8, 4) is 5.75 Å². The van der Waals surface area contributed by atoms with Crippen LogP contribution in [0.3, 0.4) is 0 Å². The SMILES string of the molecule is COc1ccc(F)cc1C1(CCN)CCOCC1. The van der Waals surface area contributed by atoms with Gasteiger partial charge in [-0.3, -0.25) is 0 Å². The van der Waals surface area contributed by atoms with E-state index < -0.39 is 0 Å². The average Bonchev–Trinajstić information content (AvgIpc) is 2.40. The molecule has 2 rings (SSSR count). The van der Waals surface area contributed by atoms with Gasteiger partial charge in [-0.15, -0.1) is 0 Å². The predicted octanol–water partition coefficient (Wildman–Crippen LogP) is 2.23. The molecule has 1 fully saturated rings. The number of nitrogens with two attached hydrogens (primary N) is 1. The Balaban J connectivity index is 2.43. The Labute approximate surface area is 107 Å². The third-order valence-electron chi connectivity index (χ3n) is 3.81. The maximum atomic E-state index is 13.5. The zero-order valence-electron chi connectivity index (χ0n) is 10.7. The molecule has 18 heavy (non-hydrogen) atoms. The van der Waals surface area contributed by atoms with Gasteiger partial charge in [0.2, 0.25) is 0 Å². The molecule has 0 amide bonds. The van der Waals surface area contributed by atoms with Gasteiger partial charge in [-0.2, -0.15) is 0 Å². The van der Waals surface area contributed by atoms with Crippen LogP contribution < -0.4 is 10.5 Å². The zero-order chi connectivity index (χ0) is 13.0. The van der Waals surface area contributed by atoms with Crippen LogP contribution in [0.1, 0.15) is 24.8 Å². The molecule has 0 unspecified atom stereocenters. The van der Waals surface area contributed by atoms with Gasteiger partial charge in [0, 0.05) is 24.2 Å². The van der Waals surface area contributed by atoms with Gasteiger partial charge in [-0.05, 0) is 44.0 Å². The molecular weight excluding hydrogens is 233 g/mol. The van der Waals surface area contributed by atoms with Crippen LogP contribution in [0.4, 0.5) is 4.39 Å². The Morgan fingerprint density at radius 1 is 1.39 bits per heavy atom. The van der Waals surface area contributed by atoms with Crippen molar-refractivity contribution in [1.82, 2.24) is 0 Å². The first-order valence-corrected chi connectivity index (χ1v) is 6.34. The lowest BCUT2D eigenvalue weighted by molar-refractivity contribution is 0.0467. The molecule has 1 heterocycles. The van der Waals surface area contributed by atoms with E-state index in [2.05, 4.69) is 0 Å². The van der Waals surface area contributed by atoms with E-state index in [1.54, 1.807) is 19.2 Å². The average molecular weight is 253 g/mol. The van der Waals surface area contributed by atoms with Gasteiger partial charge in [0.05, 0.1) is 7.11 Å². The summed E-state index contributed by atoms with van der Waals surface area (Å²) in [5.41, 5.74) is 6.55. The second kappa shape index (κ2) is 5.67. The summed E-state index contributed by atoms with van der Waals surface area (Å²) < 4.78 is 24.3. The summed E-state index contributed by atoms with van der Waals surface area (Å²) in [6.07, 6.45) is 2.56. The molecular formula is C14H20FNO2. The van der Waals surface area contributed by atoms with Gasteiger partial charge in [-0.25, -0.2) is 4.39 Å². The van der Waals surface area contributed by atoms with Crippen LogP contribution in [0.2, 0.25) is 0 Å². The minimum absolute atomic E-state index is 0.111. The maximum Gasteiger partial charge on any atom is 0.123 e. The van der Waals surface area contributed by atoms with Crippen molar-refractivity contribution in [2.75, 3.05) is 26.9 Å². The molecule has 0 atom stereocenters. The topological polar surface area (TPSA) is 44.5 Å². The van der Waals surface area contributed by atoms with Crippen molar-refractivity contribution in [3.05, 3.63) is 29.6 Å². The van der Waals surface area contributed by atoms with Crippen LogP contribution in [-0.2, 0) is 10.2 Å². The summed E-state index contributed by atoms with van der Waals surface area (Å²) in [5, 5.41) is 0. The van der Waals surface area contributed by atoms with E-state index in [0.29, 0.717) is 19.8 Å².